The number of fused-ring (bicyclic) bond motifs is 1. The van der Waals surface area contributed by atoms with E-state index in [4.69, 9.17) is 4.98 Å². The van der Waals surface area contributed by atoms with Gasteiger partial charge in [-0.3, -0.25) is 14.2 Å². The van der Waals surface area contributed by atoms with Crippen molar-refractivity contribution in [1.29, 1.82) is 0 Å². The number of nitrogens with one attached hydrogen (secondary N) is 1. The smallest absolute Gasteiger partial charge is 0.278 e. The van der Waals surface area contributed by atoms with Crippen molar-refractivity contribution >= 4 is 28.7 Å². The summed E-state index contributed by atoms with van der Waals surface area (Å²) in [6.45, 7) is 6.62. The lowest BCUT2D eigenvalue weighted by Gasteiger charge is -2.13. The molecule has 1 aromatic carbocycles. The average Bonchev–Trinajstić information content (AvgIpc) is 3.05. The number of carbonyl (C=O) groups excluding carboxylic acids is 1. The van der Waals surface area contributed by atoms with Gasteiger partial charge in [0.2, 0.25) is 5.91 Å². The number of aromatic nitrogens is 3. The van der Waals surface area contributed by atoms with Crippen LogP contribution in [0.3, 0.4) is 0 Å². The molecular weight excluding hydrogens is 384 g/mol. The largest absolute Gasteiger partial charge is 0.353 e. The Morgan fingerprint density at radius 1 is 1.24 bits per heavy atom. The van der Waals surface area contributed by atoms with Crippen LogP contribution in [0.15, 0.2) is 46.5 Å². The Balaban J connectivity index is 2.05. The molecule has 1 N–H and O–H groups in total. The number of thioether (sulfide) groups is 1. The van der Waals surface area contributed by atoms with Crippen LogP contribution in [0.4, 0.5) is 0 Å². The summed E-state index contributed by atoms with van der Waals surface area (Å²) in [5.74, 6) is 0.192. The molecule has 3 rings (SSSR count). The van der Waals surface area contributed by atoms with Crippen LogP contribution in [0.1, 0.15) is 33.6 Å². The maximum atomic E-state index is 13.3. The highest BCUT2D eigenvalue weighted by Crippen LogP contribution is 2.29. The van der Waals surface area contributed by atoms with E-state index in [0.717, 1.165) is 24.0 Å². The third-order valence-electron chi connectivity index (χ3n) is 4.93. The Morgan fingerprint density at radius 2 is 1.97 bits per heavy atom. The minimum atomic E-state index is -0.0636. The Labute approximate surface area is 175 Å². The van der Waals surface area contributed by atoms with Crippen molar-refractivity contribution in [2.75, 3.05) is 5.75 Å². The van der Waals surface area contributed by atoms with Gasteiger partial charge in [-0.15, -0.1) is 0 Å². The van der Waals surface area contributed by atoms with E-state index in [9.17, 15) is 9.59 Å². The second kappa shape index (κ2) is 9.31. The number of rotatable bonds is 8. The molecule has 0 bridgehead atoms. The summed E-state index contributed by atoms with van der Waals surface area (Å²) in [5.41, 5.74) is 3.15. The zero-order valence-corrected chi connectivity index (χ0v) is 18.3. The first-order chi connectivity index (χ1) is 14.0. The molecule has 3 aromatic rings. The SMILES string of the molecule is CCCn1c(SCC(=O)NC(C)CC)nc2c(-c3ccccc3)cn(C)c2c1=O. The predicted octanol–water partition coefficient (Wildman–Crippen LogP) is 3.82. The predicted molar refractivity (Wildman–Crippen MR) is 119 cm³/mol. The van der Waals surface area contributed by atoms with Crippen molar-refractivity contribution in [2.45, 2.75) is 51.4 Å². The average molecular weight is 413 g/mol. The third-order valence-corrected chi connectivity index (χ3v) is 5.90. The highest BCUT2D eigenvalue weighted by atomic mass is 32.2. The normalized spacial score (nSPS) is 12.3. The van der Waals surface area contributed by atoms with Crippen molar-refractivity contribution in [3.05, 3.63) is 46.9 Å². The summed E-state index contributed by atoms with van der Waals surface area (Å²) in [6.07, 6.45) is 3.65. The van der Waals surface area contributed by atoms with Crippen LogP contribution in [-0.2, 0) is 18.4 Å². The van der Waals surface area contributed by atoms with E-state index in [0.29, 0.717) is 22.7 Å². The Morgan fingerprint density at radius 3 is 2.62 bits per heavy atom. The molecule has 1 atom stereocenters. The monoisotopic (exact) mass is 412 g/mol. The Bertz CT molecular complexity index is 1060. The lowest BCUT2D eigenvalue weighted by atomic mass is 10.1. The van der Waals surface area contributed by atoms with Crippen LogP contribution < -0.4 is 10.9 Å². The van der Waals surface area contributed by atoms with Crippen molar-refractivity contribution in [3.8, 4) is 11.1 Å². The molecule has 0 aliphatic heterocycles. The van der Waals surface area contributed by atoms with Gasteiger partial charge in [-0.25, -0.2) is 4.98 Å². The highest BCUT2D eigenvalue weighted by molar-refractivity contribution is 7.99. The first-order valence-electron chi connectivity index (χ1n) is 10.0. The topological polar surface area (TPSA) is 68.9 Å². The van der Waals surface area contributed by atoms with Gasteiger partial charge >= 0.3 is 0 Å². The number of carbonyl (C=O) groups is 1. The fourth-order valence-electron chi connectivity index (χ4n) is 3.26. The molecule has 7 heteroatoms. The maximum absolute atomic E-state index is 13.3. The quantitative estimate of drug-likeness (QED) is 0.451. The van der Waals surface area contributed by atoms with Gasteiger partial charge in [0, 0.05) is 31.4 Å². The van der Waals surface area contributed by atoms with E-state index in [1.165, 1.54) is 11.8 Å². The summed E-state index contributed by atoms with van der Waals surface area (Å²) >= 11 is 1.32. The molecule has 0 spiro atoms. The minimum Gasteiger partial charge on any atom is -0.353 e. The summed E-state index contributed by atoms with van der Waals surface area (Å²) in [4.78, 5) is 30.4. The Hall–Kier alpha value is -2.54. The number of amides is 1. The van der Waals surface area contributed by atoms with Gasteiger partial charge in [0.15, 0.2) is 5.16 Å². The molecule has 6 nitrogen and oxygen atoms in total. The Kier molecular flexibility index (Phi) is 6.79. The standard InChI is InChI=1S/C22H28N4O2S/c1-5-12-26-21(28)20-19(17(13-25(20)4)16-10-8-7-9-11-16)24-22(26)29-14-18(27)23-15(3)6-2/h7-11,13,15H,5-6,12,14H2,1-4H3,(H,23,27). The van der Waals surface area contributed by atoms with Crippen LogP contribution in [0.2, 0.25) is 0 Å². The van der Waals surface area contributed by atoms with Gasteiger partial charge in [-0.05, 0) is 25.3 Å². The fraction of sp³-hybridized carbons (Fsp3) is 0.409. The van der Waals surface area contributed by atoms with Crippen LogP contribution in [-0.4, -0.2) is 31.8 Å². The number of benzene rings is 1. The zero-order valence-electron chi connectivity index (χ0n) is 17.4. The number of aryl methyl sites for hydroxylation is 1. The molecular formula is C22H28N4O2S. The van der Waals surface area contributed by atoms with Gasteiger partial charge in [0.05, 0.1) is 5.75 Å². The van der Waals surface area contributed by atoms with Crippen molar-refractivity contribution < 1.29 is 4.79 Å². The van der Waals surface area contributed by atoms with Crippen LogP contribution in [0, 0.1) is 0 Å². The molecule has 0 aliphatic carbocycles. The van der Waals surface area contributed by atoms with Crippen molar-refractivity contribution in [2.24, 2.45) is 7.05 Å². The first-order valence-corrected chi connectivity index (χ1v) is 11.0. The minimum absolute atomic E-state index is 0.0434. The highest BCUT2D eigenvalue weighted by Gasteiger charge is 2.19. The van der Waals surface area contributed by atoms with Crippen molar-refractivity contribution in [3.63, 3.8) is 0 Å². The van der Waals surface area contributed by atoms with E-state index >= 15 is 0 Å². The van der Waals surface area contributed by atoms with E-state index in [1.807, 2.05) is 68.9 Å². The zero-order chi connectivity index (χ0) is 21.0. The molecule has 154 valence electrons. The molecule has 2 heterocycles. The maximum Gasteiger partial charge on any atom is 0.278 e. The number of hydrogen-bond donors (Lipinski definition) is 1. The van der Waals surface area contributed by atoms with E-state index in [-0.39, 0.29) is 23.3 Å². The first kappa shape index (κ1) is 21.2. The molecule has 0 saturated heterocycles. The number of nitrogens with zero attached hydrogens (tertiary/aromatic N) is 3. The van der Waals surface area contributed by atoms with Gasteiger partial charge < -0.3 is 9.88 Å². The molecule has 0 aliphatic rings. The van der Waals surface area contributed by atoms with Gasteiger partial charge in [-0.2, -0.15) is 0 Å². The lowest BCUT2D eigenvalue weighted by molar-refractivity contribution is -0.119. The molecule has 0 saturated carbocycles. The van der Waals surface area contributed by atoms with Crippen molar-refractivity contribution in [1.82, 2.24) is 19.4 Å². The third kappa shape index (κ3) is 4.56. The summed E-state index contributed by atoms with van der Waals surface area (Å²) < 4.78 is 3.54. The lowest BCUT2D eigenvalue weighted by Crippen LogP contribution is -2.33. The summed E-state index contributed by atoms with van der Waals surface area (Å²) in [5, 5.41) is 3.56. The van der Waals surface area contributed by atoms with Crippen LogP contribution >= 0.6 is 11.8 Å². The molecule has 2 aromatic heterocycles. The van der Waals surface area contributed by atoms with E-state index in [2.05, 4.69) is 5.32 Å². The van der Waals surface area contributed by atoms with Gasteiger partial charge in [0.25, 0.3) is 5.56 Å². The molecule has 29 heavy (non-hydrogen) atoms. The summed E-state index contributed by atoms with van der Waals surface area (Å²) in [6, 6.07) is 10.1. The van der Waals surface area contributed by atoms with Crippen LogP contribution in [0.5, 0.6) is 0 Å². The summed E-state index contributed by atoms with van der Waals surface area (Å²) in [7, 11) is 1.88. The van der Waals surface area contributed by atoms with Gasteiger partial charge in [-0.1, -0.05) is 55.9 Å². The second-order valence-electron chi connectivity index (χ2n) is 7.23. The molecule has 0 radical (unpaired) electrons. The van der Waals surface area contributed by atoms with Crippen LogP contribution in [0.25, 0.3) is 22.2 Å². The second-order valence-corrected chi connectivity index (χ2v) is 8.18. The van der Waals surface area contributed by atoms with E-state index < -0.39 is 0 Å². The molecule has 1 unspecified atom stereocenters. The molecule has 0 fully saturated rings. The van der Waals surface area contributed by atoms with Gasteiger partial charge in [0.1, 0.15) is 11.0 Å². The molecule has 1 amide bonds. The fourth-order valence-corrected chi connectivity index (χ4v) is 4.09. The number of hydrogen-bond acceptors (Lipinski definition) is 4. The van der Waals surface area contributed by atoms with E-state index in [1.54, 1.807) is 4.57 Å².